The molecule has 70 valence electrons. The summed E-state index contributed by atoms with van der Waals surface area (Å²) < 4.78 is 4.51. The highest BCUT2D eigenvalue weighted by Gasteiger charge is 2.47. The zero-order chi connectivity index (χ0) is 9.30. The Bertz CT molecular complexity index is 179. The number of ether oxygens (including phenoxy) is 1. The minimum atomic E-state index is -1.53. The van der Waals surface area contributed by atoms with Gasteiger partial charge in [-0.3, -0.25) is 5.26 Å². The Kier molecular flexibility index (Phi) is 2.63. The summed E-state index contributed by atoms with van der Waals surface area (Å²) in [5.41, 5.74) is 0. The average Bonchev–Trinajstić information content (AvgIpc) is 2.29. The smallest absolute Gasteiger partial charge is 0.338 e. The molecular weight excluding hydrogens is 168 g/mol. The van der Waals surface area contributed by atoms with E-state index in [2.05, 4.69) is 9.62 Å². The number of cyclic esters (lactones) is 1. The topological polar surface area (TPSA) is 96.2 Å². The first-order chi connectivity index (χ1) is 5.57. The molecule has 0 radical (unpaired) electrons. The van der Waals surface area contributed by atoms with Crippen LogP contribution in [0.2, 0.25) is 0 Å². The van der Waals surface area contributed by atoms with E-state index in [1.165, 1.54) is 6.92 Å². The SMILES string of the molecule is CC(O)C1OC(=O)C(O)C1OO. The zero-order valence-corrected chi connectivity index (χ0v) is 6.38. The maximum Gasteiger partial charge on any atom is 0.338 e. The lowest BCUT2D eigenvalue weighted by atomic mass is 10.1. The van der Waals surface area contributed by atoms with E-state index in [1.54, 1.807) is 0 Å². The number of carbonyl (C=O) groups excluding carboxylic acids is 1. The van der Waals surface area contributed by atoms with Gasteiger partial charge >= 0.3 is 5.97 Å². The molecule has 0 aliphatic carbocycles. The molecule has 6 heteroatoms. The van der Waals surface area contributed by atoms with Crippen LogP contribution in [-0.4, -0.2) is 45.9 Å². The van der Waals surface area contributed by atoms with Crippen molar-refractivity contribution in [3.63, 3.8) is 0 Å². The Hall–Kier alpha value is -0.690. The minimum Gasteiger partial charge on any atom is -0.455 e. The van der Waals surface area contributed by atoms with Gasteiger partial charge in [0.05, 0.1) is 6.10 Å². The second-order valence-electron chi connectivity index (χ2n) is 2.66. The van der Waals surface area contributed by atoms with Crippen LogP contribution in [0.5, 0.6) is 0 Å². The van der Waals surface area contributed by atoms with E-state index in [9.17, 15) is 4.79 Å². The van der Waals surface area contributed by atoms with Crippen LogP contribution in [0.3, 0.4) is 0 Å². The number of hydrogen-bond acceptors (Lipinski definition) is 6. The molecule has 0 amide bonds. The summed E-state index contributed by atoms with van der Waals surface area (Å²) in [4.78, 5) is 14.5. The Morgan fingerprint density at radius 1 is 1.67 bits per heavy atom. The van der Waals surface area contributed by atoms with Gasteiger partial charge in [0.2, 0.25) is 0 Å². The second kappa shape index (κ2) is 3.36. The molecule has 0 aromatic heterocycles. The van der Waals surface area contributed by atoms with Gasteiger partial charge in [0.1, 0.15) is 0 Å². The van der Waals surface area contributed by atoms with Gasteiger partial charge in [0.25, 0.3) is 0 Å². The molecule has 1 aliphatic rings. The molecule has 1 saturated heterocycles. The minimum absolute atomic E-state index is 0.903. The summed E-state index contributed by atoms with van der Waals surface area (Å²) >= 11 is 0. The molecular formula is C6H10O6. The van der Waals surface area contributed by atoms with Crippen LogP contribution in [0.4, 0.5) is 0 Å². The monoisotopic (exact) mass is 178 g/mol. The van der Waals surface area contributed by atoms with Crippen LogP contribution >= 0.6 is 0 Å². The lowest BCUT2D eigenvalue weighted by Crippen LogP contribution is -2.38. The molecule has 0 aromatic rings. The first-order valence-electron chi connectivity index (χ1n) is 3.44. The third kappa shape index (κ3) is 1.42. The van der Waals surface area contributed by atoms with E-state index < -0.39 is 30.4 Å². The van der Waals surface area contributed by atoms with Crippen molar-refractivity contribution >= 4 is 5.97 Å². The van der Waals surface area contributed by atoms with Crippen molar-refractivity contribution in [1.82, 2.24) is 0 Å². The van der Waals surface area contributed by atoms with Crippen molar-refractivity contribution in [2.75, 3.05) is 0 Å². The quantitative estimate of drug-likeness (QED) is 0.271. The number of carbonyl (C=O) groups is 1. The van der Waals surface area contributed by atoms with Crippen LogP contribution in [0, 0.1) is 0 Å². The molecule has 0 bridgehead atoms. The highest BCUT2D eigenvalue weighted by atomic mass is 17.1. The summed E-state index contributed by atoms with van der Waals surface area (Å²) in [6.07, 6.45) is -4.76. The van der Waals surface area contributed by atoms with Crippen LogP contribution in [0.25, 0.3) is 0 Å². The Morgan fingerprint density at radius 2 is 2.25 bits per heavy atom. The summed E-state index contributed by atoms with van der Waals surface area (Å²) in [7, 11) is 0. The molecule has 1 fully saturated rings. The number of rotatable bonds is 2. The number of aliphatic hydroxyl groups excluding tert-OH is 2. The van der Waals surface area contributed by atoms with Crippen LogP contribution in [0.1, 0.15) is 6.92 Å². The van der Waals surface area contributed by atoms with E-state index in [0.717, 1.165) is 0 Å². The van der Waals surface area contributed by atoms with Crippen molar-refractivity contribution in [1.29, 1.82) is 0 Å². The fourth-order valence-corrected chi connectivity index (χ4v) is 1.08. The van der Waals surface area contributed by atoms with Crippen molar-refractivity contribution in [3.8, 4) is 0 Å². The van der Waals surface area contributed by atoms with E-state index in [-0.39, 0.29) is 0 Å². The third-order valence-electron chi connectivity index (χ3n) is 1.73. The number of hydrogen-bond donors (Lipinski definition) is 3. The van der Waals surface area contributed by atoms with Crippen molar-refractivity contribution in [3.05, 3.63) is 0 Å². The van der Waals surface area contributed by atoms with Gasteiger partial charge in [-0.1, -0.05) is 0 Å². The van der Waals surface area contributed by atoms with Crippen molar-refractivity contribution in [2.45, 2.75) is 31.3 Å². The second-order valence-corrected chi connectivity index (χ2v) is 2.66. The highest BCUT2D eigenvalue weighted by Crippen LogP contribution is 2.20. The van der Waals surface area contributed by atoms with Crippen LogP contribution < -0.4 is 0 Å². The number of esters is 1. The maximum atomic E-state index is 10.7. The first kappa shape index (κ1) is 9.40. The first-order valence-corrected chi connectivity index (χ1v) is 3.44. The molecule has 12 heavy (non-hydrogen) atoms. The standard InChI is InChI=1S/C6H10O6/c1-2(7)4-5(12-10)3(8)6(9)11-4/h2-5,7-8,10H,1H3. The van der Waals surface area contributed by atoms with Gasteiger partial charge < -0.3 is 14.9 Å². The molecule has 0 aromatic carbocycles. The van der Waals surface area contributed by atoms with Crippen LogP contribution in [-0.2, 0) is 14.4 Å². The molecule has 3 N–H and O–H groups in total. The van der Waals surface area contributed by atoms with Crippen molar-refractivity contribution in [2.24, 2.45) is 0 Å². The predicted molar refractivity (Wildman–Crippen MR) is 35.1 cm³/mol. The lowest BCUT2D eigenvalue weighted by Gasteiger charge is -2.17. The van der Waals surface area contributed by atoms with Gasteiger partial charge in [0, 0.05) is 0 Å². The van der Waals surface area contributed by atoms with Gasteiger partial charge in [-0.05, 0) is 6.92 Å². The van der Waals surface area contributed by atoms with Gasteiger partial charge in [-0.2, -0.15) is 0 Å². The van der Waals surface area contributed by atoms with E-state index in [0.29, 0.717) is 0 Å². The summed E-state index contributed by atoms with van der Waals surface area (Å²) in [6, 6.07) is 0. The molecule has 1 aliphatic heterocycles. The fourth-order valence-electron chi connectivity index (χ4n) is 1.08. The van der Waals surface area contributed by atoms with Crippen molar-refractivity contribution < 1.29 is 29.9 Å². The predicted octanol–water partition coefficient (Wildman–Crippen LogP) is -1.49. The molecule has 4 atom stereocenters. The molecule has 0 saturated carbocycles. The Labute approximate surface area is 68.3 Å². The maximum absolute atomic E-state index is 10.7. The zero-order valence-electron chi connectivity index (χ0n) is 6.38. The molecule has 1 rings (SSSR count). The molecule has 0 spiro atoms. The highest BCUT2D eigenvalue weighted by molar-refractivity contribution is 5.77. The van der Waals surface area contributed by atoms with Gasteiger partial charge in [-0.25, -0.2) is 9.68 Å². The van der Waals surface area contributed by atoms with E-state index in [1.807, 2.05) is 0 Å². The van der Waals surface area contributed by atoms with Crippen LogP contribution in [0.15, 0.2) is 0 Å². The largest absolute Gasteiger partial charge is 0.455 e. The number of aliphatic hydroxyl groups is 2. The van der Waals surface area contributed by atoms with E-state index in [4.69, 9.17) is 15.5 Å². The third-order valence-corrected chi connectivity index (χ3v) is 1.73. The summed E-state index contributed by atoms with van der Waals surface area (Å²) in [5, 5.41) is 26.3. The van der Waals surface area contributed by atoms with Gasteiger partial charge in [-0.15, -0.1) is 0 Å². The Balaban J connectivity index is 2.71. The molecule has 4 unspecified atom stereocenters. The fraction of sp³-hybridized carbons (Fsp3) is 0.833. The molecule has 6 nitrogen and oxygen atoms in total. The van der Waals surface area contributed by atoms with Gasteiger partial charge in [0.15, 0.2) is 18.3 Å². The normalized spacial score (nSPS) is 38.0. The molecule has 1 heterocycles. The summed E-state index contributed by atoms with van der Waals surface area (Å²) in [6.45, 7) is 1.36. The summed E-state index contributed by atoms with van der Waals surface area (Å²) in [5.74, 6) is -0.903. The lowest BCUT2D eigenvalue weighted by molar-refractivity contribution is -0.302. The average molecular weight is 178 g/mol. The Morgan fingerprint density at radius 3 is 2.58 bits per heavy atom. The van der Waals surface area contributed by atoms with E-state index >= 15 is 0 Å².